The number of carbonyl (C=O) groups excluding carboxylic acids is 1. The van der Waals surface area contributed by atoms with Gasteiger partial charge in [-0.05, 0) is 13.3 Å². The van der Waals surface area contributed by atoms with E-state index in [1.54, 1.807) is 6.92 Å². The molecule has 1 aliphatic heterocycles. The van der Waals surface area contributed by atoms with Crippen molar-refractivity contribution in [1.29, 1.82) is 5.41 Å². The number of nitrogens with one attached hydrogen (secondary N) is 2. The molecule has 0 aromatic rings. The molecule has 0 radical (unpaired) electrons. The molecule has 1 unspecified atom stereocenters. The fourth-order valence-electron chi connectivity index (χ4n) is 2.26. The molecule has 10 heteroatoms. The van der Waals surface area contributed by atoms with Crippen molar-refractivity contribution in [2.45, 2.75) is 26.3 Å². The van der Waals surface area contributed by atoms with Crippen molar-refractivity contribution in [1.82, 2.24) is 13.9 Å². The van der Waals surface area contributed by atoms with Crippen LogP contribution < -0.4 is 10.5 Å². The van der Waals surface area contributed by atoms with E-state index < -0.39 is 16.3 Å². The van der Waals surface area contributed by atoms with Crippen molar-refractivity contribution in [2.24, 2.45) is 5.73 Å². The van der Waals surface area contributed by atoms with Crippen LogP contribution in [0.3, 0.4) is 0 Å². The number of rotatable bonds is 6. The van der Waals surface area contributed by atoms with Gasteiger partial charge in [-0.1, -0.05) is 6.92 Å². The molecule has 4 N–H and O–H groups in total. The first-order valence-electron chi connectivity index (χ1n) is 6.84. The molecule has 1 atom stereocenters. The Bertz CT molecular complexity index is 473. The van der Waals surface area contributed by atoms with Crippen LogP contribution in [-0.2, 0) is 14.9 Å². The maximum absolute atomic E-state index is 12.0. The zero-order valence-corrected chi connectivity index (χ0v) is 13.1. The Morgan fingerprint density at radius 1 is 1.33 bits per heavy atom. The van der Waals surface area contributed by atoms with E-state index in [2.05, 4.69) is 4.74 Å². The minimum absolute atomic E-state index is 0.0819. The van der Waals surface area contributed by atoms with E-state index in [-0.39, 0.29) is 31.6 Å². The molecule has 1 fully saturated rings. The molecule has 0 aromatic heterocycles. The predicted molar refractivity (Wildman–Crippen MR) is 78.2 cm³/mol. The topological polar surface area (TPSA) is 129 Å². The summed E-state index contributed by atoms with van der Waals surface area (Å²) in [7, 11) is -3.88. The predicted octanol–water partition coefficient (Wildman–Crippen LogP) is -0.691. The molecule has 122 valence electrons. The third-order valence-corrected chi connectivity index (χ3v) is 4.76. The average molecular weight is 321 g/mol. The lowest BCUT2D eigenvalue weighted by molar-refractivity contribution is 0.152. The van der Waals surface area contributed by atoms with Gasteiger partial charge in [0.1, 0.15) is 5.84 Å². The second-order valence-corrected chi connectivity index (χ2v) is 6.31. The molecule has 0 saturated carbocycles. The number of carbonyl (C=O) groups is 1. The molecule has 0 aliphatic carbocycles. The van der Waals surface area contributed by atoms with Crippen LogP contribution in [0, 0.1) is 5.41 Å². The smallest absolute Gasteiger partial charge is 0.421 e. The monoisotopic (exact) mass is 321 g/mol. The van der Waals surface area contributed by atoms with Crippen LogP contribution in [0.2, 0.25) is 0 Å². The van der Waals surface area contributed by atoms with E-state index in [1.165, 1.54) is 4.31 Å². The maximum atomic E-state index is 12.0. The summed E-state index contributed by atoms with van der Waals surface area (Å²) in [4.78, 5) is 13.2. The zero-order chi connectivity index (χ0) is 16.0. The summed E-state index contributed by atoms with van der Waals surface area (Å²) in [5.74, 6) is 0.0819. The van der Waals surface area contributed by atoms with Gasteiger partial charge in [0.25, 0.3) is 0 Å². The molecule has 9 nitrogen and oxygen atoms in total. The number of piperazine rings is 1. The highest BCUT2D eigenvalue weighted by molar-refractivity contribution is 7.87. The van der Waals surface area contributed by atoms with Crippen molar-refractivity contribution in [3.05, 3.63) is 0 Å². The van der Waals surface area contributed by atoms with Gasteiger partial charge in [-0.15, -0.1) is 0 Å². The first-order chi connectivity index (χ1) is 9.81. The van der Waals surface area contributed by atoms with Gasteiger partial charge in [0.15, 0.2) is 0 Å². The molecular weight excluding hydrogens is 298 g/mol. The lowest BCUT2D eigenvalue weighted by Crippen LogP contribution is -2.57. The van der Waals surface area contributed by atoms with E-state index >= 15 is 0 Å². The summed E-state index contributed by atoms with van der Waals surface area (Å²) in [6.45, 7) is 5.02. The molecule has 0 aromatic carbocycles. The van der Waals surface area contributed by atoms with Gasteiger partial charge < -0.3 is 10.5 Å². The zero-order valence-electron chi connectivity index (χ0n) is 12.3. The largest absolute Gasteiger partial charge is 0.449 e. The molecule has 0 bridgehead atoms. The van der Waals surface area contributed by atoms with Gasteiger partial charge in [0.05, 0.1) is 12.6 Å². The van der Waals surface area contributed by atoms with E-state index in [4.69, 9.17) is 11.1 Å². The maximum Gasteiger partial charge on any atom is 0.421 e. The second-order valence-electron chi connectivity index (χ2n) is 4.64. The minimum Gasteiger partial charge on any atom is -0.449 e. The van der Waals surface area contributed by atoms with Crippen LogP contribution in [0.4, 0.5) is 4.79 Å². The van der Waals surface area contributed by atoms with Gasteiger partial charge in [-0.2, -0.15) is 12.7 Å². The van der Waals surface area contributed by atoms with Crippen LogP contribution in [0.25, 0.3) is 0 Å². The van der Waals surface area contributed by atoms with Gasteiger partial charge in [-0.25, -0.2) is 9.52 Å². The Hall–Kier alpha value is -1.39. The highest BCUT2D eigenvalue weighted by Crippen LogP contribution is 2.11. The molecule has 0 spiro atoms. The lowest BCUT2D eigenvalue weighted by atomic mass is 10.1. The third kappa shape index (κ3) is 4.83. The Kier molecular flexibility index (Phi) is 6.37. The number of amidine groups is 1. The number of nitrogens with two attached hydrogens (primary N) is 1. The van der Waals surface area contributed by atoms with Crippen LogP contribution in [0.5, 0.6) is 0 Å². The molecule has 1 rings (SSSR count). The SMILES string of the molecule is CCOC(=O)NS(=O)(=O)N1CCN(C(CC)C(=N)N)CC1. The number of amides is 1. The minimum atomic E-state index is -3.88. The van der Waals surface area contributed by atoms with E-state index in [9.17, 15) is 13.2 Å². The quantitative estimate of drug-likeness (QED) is 0.439. The van der Waals surface area contributed by atoms with E-state index in [1.807, 2.05) is 16.5 Å². The highest BCUT2D eigenvalue weighted by atomic mass is 32.2. The van der Waals surface area contributed by atoms with Crippen molar-refractivity contribution < 1.29 is 17.9 Å². The molecule has 21 heavy (non-hydrogen) atoms. The number of hydrogen-bond acceptors (Lipinski definition) is 6. The van der Waals surface area contributed by atoms with E-state index in [0.29, 0.717) is 19.5 Å². The molecule has 1 heterocycles. The molecule has 1 aliphatic rings. The van der Waals surface area contributed by atoms with Gasteiger partial charge >= 0.3 is 16.3 Å². The molecule has 1 saturated heterocycles. The third-order valence-electron chi connectivity index (χ3n) is 3.29. The summed E-state index contributed by atoms with van der Waals surface area (Å²) >= 11 is 0. The molecule has 1 amide bonds. The van der Waals surface area contributed by atoms with Crippen molar-refractivity contribution >= 4 is 22.1 Å². The van der Waals surface area contributed by atoms with Gasteiger partial charge in [0.2, 0.25) is 0 Å². The molecular formula is C11H23N5O4S. The normalized spacial score (nSPS) is 19.0. The standard InChI is InChI=1S/C11H23N5O4S/c1-3-9(10(12)13)15-5-7-16(8-6-15)21(18,19)14-11(17)20-4-2/h9H,3-8H2,1-2H3,(H3,12,13)(H,14,17). The summed E-state index contributed by atoms with van der Waals surface area (Å²) in [5.41, 5.74) is 5.53. The lowest BCUT2D eigenvalue weighted by Gasteiger charge is -2.37. The van der Waals surface area contributed by atoms with Crippen LogP contribution in [0.1, 0.15) is 20.3 Å². The number of nitrogens with zero attached hydrogens (tertiary/aromatic N) is 2. The fraction of sp³-hybridized carbons (Fsp3) is 0.818. The van der Waals surface area contributed by atoms with Gasteiger partial charge in [0, 0.05) is 26.2 Å². The number of hydrogen-bond donors (Lipinski definition) is 3. The van der Waals surface area contributed by atoms with Crippen LogP contribution >= 0.6 is 0 Å². The Labute approximate surface area is 125 Å². The Morgan fingerprint density at radius 2 is 1.90 bits per heavy atom. The second kappa shape index (κ2) is 7.57. The summed E-state index contributed by atoms with van der Waals surface area (Å²) < 4.78 is 31.6. The average Bonchev–Trinajstić information content (AvgIpc) is 2.39. The first-order valence-corrected chi connectivity index (χ1v) is 8.28. The van der Waals surface area contributed by atoms with Crippen molar-refractivity contribution in [3.8, 4) is 0 Å². The Morgan fingerprint density at radius 3 is 2.33 bits per heavy atom. The van der Waals surface area contributed by atoms with Gasteiger partial charge in [-0.3, -0.25) is 10.3 Å². The van der Waals surface area contributed by atoms with Crippen molar-refractivity contribution in [3.63, 3.8) is 0 Å². The Balaban J connectivity index is 2.59. The number of ether oxygens (including phenoxy) is 1. The summed E-state index contributed by atoms with van der Waals surface area (Å²) in [5, 5.41) is 7.53. The van der Waals surface area contributed by atoms with E-state index in [0.717, 1.165) is 0 Å². The highest BCUT2D eigenvalue weighted by Gasteiger charge is 2.31. The van der Waals surface area contributed by atoms with Crippen LogP contribution in [-0.4, -0.2) is 68.4 Å². The fourth-order valence-corrected chi connectivity index (χ4v) is 3.30. The van der Waals surface area contributed by atoms with Crippen molar-refractivity contribution in [2.75, 3.05) is 32.8 Å². The summed E-state index contributed by atoms with van der Waals surface area (Å²) in [6.07, 6.45) is -0.279. The first kappa shape index (κ1) is 17.7. The van der Waals surface area contributed by atoms with Crippen LogP contribution in [0.15, 0.2) is 0 Å². The summed E-state index contributed by atoms with van der Waals surface area (Å²) in [6, 6.07) is -0.173.